The molecule has 1 aromatic heterocycles. The molecule has 5 nitrogen and oxygen atoms in total. The smallest absolute Gasteiger partial charge is 0.254 e. The van der Waals surface area contributed by atoms with Gasteiger partial charge in [-0.2, -0.15) is 0 Å². The summed E-state index contributed by atoms with van der Waals surface area (Å²) < 4.78 is 5.16. The van der Waals surface area contributed by atoms with Crippen LogP contribution in [0.25, 0.3) is 0 Å². The highest BCUT2D eigenvalue weighted by atomic mass is 16.5. The predicted molar refractivity (Wildman–Crippen MR) is 84.9 cm³/mol. The van der Waals surface area contributed by atoms with Crippen molar-refractivity contribution in [3.05, 3.63) is 29.1 Å². The molecule has 2 heterocycles. The number of hydrogen-bond donors (Lipinski definition) is 1. The topological polar surface area (TPSA) is 62.7 Å². The second-order valence-corrected chi connectivity index (χ2v) is 6.37. The molecule has 0 spiro atoms. The molecule has 5 heteroatoms. The molecule has 1 aliphatic heterocycles. The van der Waals surface area contributed by atoms with E-state index < -0.39 is 0 Å². The fraction of sp³-hybridized carbons (Fsp3) is 0.647. The molecular weight excluding hydrogens is 280 g/mol. The number of ether oxygens (including phenoxy) is 1. The van der Waals surface area contributed by atoms with E-state index in [9.17, 15) is 9.90 Å². The molecule has 22 heavy (non-hydrogen) atoms. The Bertz CT molecular complexity index is 512. The van der Waals surface area contributed by atoms with Crippen LogP contribution in [0.3, 0.4) is 0 Å². The van der Waals surface area contributed by atoms with Crippen molar-refractivity contribution in [2.45, 2.75) is 33.1 Å². The number of likely N-dealkylation sites (tertiary alicyclic amines) is 1. The van der Waals surface area contributed by atoms with Crippen LogP contribution in [0.4, 0.5) is 0 Å². The van der Waals surface area contributed by atoms with Gasteiger partial charge in [0.2, 0.25) is 0 Å². The monoisotopic (exact) mass is 306 g/mol. The van der Waals surface area contributed by atoms with E-state index in [0.717, 1.165) is 37.2 Å². The van der Waals surface area contributed by atoms with Crippen LogP contribution in [0.15, 0.2) is 12.1 Å². The summed E-state index contributed by atoms with van der Waals surface area (Å²) in [4.78, 5) is 19.0. The first-order valence-corrected chi connectivity index (χ1v) is 7.84. The van der Waals surface area contributed by atoms with Gasteiger partial charge in [-0.15, -0.1) is 0 Å². The maximum atomic E-state index is 12.8. The van der Waals surface area contributed by atoms with E-state index in [4.69, 9.17) is 4.74 Å². The van der Waals surface area contributed by atoms with Crippen molar-refractivity contribution in [1.82, 2.24) is 9.88 Å². The van der Waals surface area contributed by atoms with E-state index in [1.54, 1.807) is 7.11 Å². The Morgan fingerprint density at radius 3 is 2.68 bits per heavy atom. The maximum Gasteiger partial charge on any atom is 0.254 e. The van der Waals surface area contributed by atoms with Crippen molar-refractivity contribution in [3.63, 3.8) is 0 Å². The Labute approximate surface area is 132 Å². The van der Waals surface area contributed by atoms with Crippen molar-refractivity contribution in [3.8, 4) is 0 Å². The highest BCUT2D eigenvalue weighted by Gasteiger charge is 2.36. The van der Waals surface area contributed by atoms with Crippen molar-refractivity contribution in [2.24, 2.45) is 5.41 Å². The number of carbonyl (C=O) groups is 1. The first-order valence-electron chi connectivity index (χ1n) is 7.84. The highest BCUT2D eigenvalue weighted by molar-refractivity contribution is 5.94. The van der Waals surface area contributed by atoms with Crippen LogP contribution in [0.2, 0.25) is 0 Å². The molecule has 0 unspecified atom stereocenters. The molecule has 1 N–H and O–H groups in total. The fourth-order valence-electron chi connectivity index (χ4n) is 3.25. The molecule has 1 aromatic rings. The van der Waals surface area contributed by atoms with Gasteiger partial charge in [0.05, 0.1) is 6.61 Å². The minimum absolute atomic E-state index is 0.0311. The zero-order valence-corrected chi connectivity index (χ0v) is 13.8. The lowest BCUT2D eigenvalue weighted by molar-refractivity contribution is 0.00897. The normalized spacial score (nSPS) is 21.9. The second-order valence-electron chi connectivity index (χ2n) is 6.37. The molecule has 0 radical (unpaired) electrons. The van der Waals surface area contributed by atoms with E-state index in [-0.39, 0.29) is 17.9 Å². The van der Waals surface area contributed by atoms with Crippen LogP contribution in [0.1, 0.15) is 41.0 Å². The van der Waals surface area contributed by atoms with Crippen molar-refractivity contribution in [2.75, 3.05) is 33.4 Å². The number of amides is 1. The molecule has 1 aliphatic rings. The third-order valence-corrected chi connectivity index (χ3v) is 4.45. The third-order valence-electron chi connectivity index (χ3n) is 4.45. The molecule has 1 fully saturated rings. The van der Waals surface area contributed by atoms with Gasteiger partial charge in [0.25, 0.3) is 5.91 Å². The minimum Gasteiger partial charge on any atom is -0.396 e. The summed E-state index contributed by atoms with van der Waals surface area (Å²) in [6.07, 6.45) is 2.63. The zero-order chi connectivity index (χ0) is 16.2. The molecular formula is C17H26N2O3. The molecule has 0 aromatic carbocycles. The van der Waals surface area contributed by atoms with Gasteiger partial charge in [-0.3, -0.25) is 9.78 Å². The summed E-state index contributed by atoms with van der Waals surface area (Å²) in [5.41, 5.74) is 2.16. The second kappa shape index (κ2) is 7.20. The van der Waals surface area contributed by atoms with Gasteiger partial charge in [-0.1, -0.05) is 0 Å². The fourth-order valence-corrected chi connectivity index (χ4v) is 3.25. The van der Waals surface area contributed by atoms with E-state index in [0.29, 0.717) is 18.7 Å². The molecule has 0 aliphatic carbocycles. The lowest BCUT2D eigenvalue weighted by atomic mass is 9.78. The lowest BCUT2D eigenvalue weighted by Gasteiger charge is -2.42. The molecule has 1 saturated heterocycles. The molecule has 1 amide bonds. The van der Waals surface area contributed by atoms with Gasteiger partial charge < -0.3 is 14.7 Å². The summed E-state index contributed by atoms with van der Waals surface area (Å²) in [5, 5.41) is 9.82. The van der Waals surface area contributed by atoms with Gasteiger partial charge in [0.1, 0.15) is 0 Å². The molecule has 0 saturated carbocycles. The zero-order valence-electron chi connectivity index (χ0n) is 13.8. The Morgan fingerprint density at radius 2 is 2.09 bits per heavy atom. The van der Waals surface area contributed by atoms with E-state index in [1.165, 1.54) is 0 Å². The van der Waals surface area contributed by atoms with Crippen LogP contribution in [-0.4, -0.2) is 54.3 Å². The Hall–Kier alpha value is -1.46. The van der Waals surface area contributed by atoms with Crippen molar-refractivity contribution >= 4 is 5.91 Å². The Kier molecular flexibility index (Phi) is 5.53. The number of hydrogen-bond acceptors (Lipinski definition) is 4. The van der Waals surface area contributed by atoms with Crippen LogP contribution >= 0.6 is 0 Å². The van der Waals surface area contributed by atoms with Gasteiger partial charge in [-0.25, -0.2) is 0 Å². The summed E-state index contributed by atoms with van der Waals surface area (Å²) in [6, 6.07) is 3.67. The average molecular weight is 306 g/mol. The summed E-state index contributed by atoms with van der Waals surface area (Å²) in [5.74, 6) is 0.0311. The lowest BCUT2D eigenvalue weighted by Crippen LogP contribution is -2.48. The van der Waals surface area contributed by atoms with Gasteiger partial charge in [-0.05, 0) is 45.2 Å². The van der Waals surface area contributed by atoms with Crippen LogP contribution < -0.4 is 0 Å². The van der Waals surface area contributed by atoms with Gasteiger partial charge in [0.15, 0.2) is 0 Å². The van der Waals surface area contributed by atoms with Gasteiger partial charge in [0, 0.05) is 49.2 Å². The molecule has 0 bridgehead atoms. The predicted octanol–water partition coefficient (Wildman–Crippen LogP) is 1.95. The first-order chi connectivity index (χ1) is 10.5. The number of aliphatic hydroxyl groups excluding tert-OH is 1. The number of carbonyl (C=O) groups excluding carboxylic acids is 1. The molecule has 2 rings (SSSR count). The Morgan fingerprint density at radius 1 is 1.41 bits per heavy atom. The molecule has 1 atom stereocenters. The SMILES string of the molecule is COCC[C@@]1(CO)CCCN(C(=O)c2cc(C)nc(C)c2)C1. The van der Waals surface area contributed by atoms with E-state index in [1.807, 2.05) is 30.9 Å². The summed E-state index contributed by atoms with van der Waals surface area (Å²) in [7, 11) is 1.67. The highest BCUT2D eigenvalue weighted by Crippen LogP contribution is 2.33. The number of pyridine rings is 1. The number of aromatic nitrogens is 1. The minimum atomic E-state index is -0.235. The maximum absolute atomic E-state index is 12.8. The van der Waals surface area contributed by atoms with Gasteiger partial charge >= 0.3 is 0 Å². The quantitative estimate of drug-likeness (QED) is 0.903. The number of aryl methyl sites for hydroxylation is 2. The van der Waals surface area contributed by atoms with E-state index in [2.05, 4.69) is 4.98 Å². The number of nitrogens with zero attached hydrogens (tertiary/aromatic N) is 2. The van der Waals surface area contributed by atoms with Crippen LogP contribution in [0.5, 0.6) is 0 Å². The summed E-state index contributed by atoms with van der Waals surface area (Å²) in [6.45, 7) is 5.83. The van der Waals surface area contributed by atoms with Crippen LogP contribution in [0, 0.1) is 19.3 Å². The number of aliphatic hydroxyl groups is 1. The standard InChI is InChI=1S/C17H26N2O3/c1-13-9-15(10-14(2)18-13)16(21)19-7-4-5-17(11-19,12-20)6-8-22-3/h9-10,20H,4-8,11-12H2,1-3H3/t17-/m0/s1. The van der Waals surface area contributed by atoms with E-state index >= 15 is 0 Å². The largest absolute Gasteiger partial charge is 0.396 e. The number of piperidine rings is 1. The number of methoxy groups -OCH3 is 1. The average Bonchev–Trinajstić information content (AvgIpc) is 2.51. The van der Waals surface area contributed by atoms with Crippen molar-refractivity contribution in [1.29, 1.82) is 0 Å². The number of rotatable bonds is 5. The third kappa shape index (κ3) is 3.84. The summed E-state index contributed by atoms with van der Waals surface area (Å²) >= 11 is 0. The molecule has 122 valence electrons. The van der Waals surface area contributed by atoms with Crippen molar-refractivity contribution < 1.29 is 14.6 Å². The Balaban J connectivity index is 2.15. The first kappa shape index (κ1) is 16.9. The van der Waals surface area contributed by atoms with Crippen LogP contribution in [-0.2, 0) is 4.74 Å².